The van der Waals surface area contributed by atoms with Gasteiger partial charge in [0.25, 0.3) is 0 Å². The van der Waals surface area contributed by atoms with Gasteiger partial charge >= 0.3 is 0 Å². The quantitative estimate of drug-likeness (QED) is 0.433. The number of rotatable bonds is 4. The topological polar surface area (TPSA) is 48.2 Å². The van der Waals surface area contributed by atoms with Crippen molar-refractivity contribution in [3.8, 4) is 6.07 Å². The molecule has 0 unspecified atom stereocenters. The van der Waals surface area contributed by atoms with Crippen molar-refractivity contribution < 1.29 is 0 Å². The lowest BCUT2D eigenvalue weighted by molar-refractivity contribution is 0.750. The molecule has 1 N–H and O–H groups in total. The summed E-state index contributed by atoms with van der Waals surface area (Å²) in [5.74, 6) is 0. The number of hydrogen-bond donors (Lipinski definition) is 1. The lowest BCUT2D eigenvalue weighted by Gasteiger charge is -1.91. The second-order valence-electron chi connectivity index (χ2n) is 2.09. The van der Waals surface area contributed by atoms with E-state index in [0.29, 0.717) is 13.0 Å². The highest BCUT2D eigenvalue weighted by Gasteiger charge is 1.84. The molecule has 0 saturated carbocycles. The zero-order valence-electron chi connectivity index (χ0n) is 6.53. The van der Waals surface area contributed by atoms with Gasteiger partial charge in [-0.05, 0) is 11.4 Å². The molecule has 62 valence electrons. The van der Waals surface area contributed by atoms with Gasteiger partial charge < -0.3 is 5.43 Å². The van der Waals surface area contributed by atoms with E-state index in [0.717, 1.165) is 4.88 Å². The maximum absolute atomic E-state index is 8.21. The zero-order chi connectivity index (χ0) is 8.65. The Hall–Kier alpha value is -1.34. The Bertz CT molecular complexity index is 271. The van der Waals surface area contributed by atoms with Gasteiger partial charge in [-0.15, -0.1) is 11.3 Å². The molecule has 1 heterocycles. The minimum atomic E-state index is 0.488. The molecule has 1 rings (SSSR count). The van der Waals surface area contributed by atoms with E-state index in [4.69, 9.17) is 5.26 Å². The predicted octanol–water partition coefficient (Wildman–Crippen LogP) is 1.59. The first-order valence-electron chi connectivity index (χ1n) is 3.60. The molecule has 0 aromatic carbocycles. The number of nitrogens with zero attached hydrogens (tertiary/aromatic N) is 2. The summed E-state index contributed by atoms with van der Waals surface area (Å²) in [7, 11) is 0. The summed E-state index contributed by atoms with van der Waals surface area (Å²) in [5, 5.41) is 14.1. The van der Waals surface area contributed by atoms with Crippen LogP contribution in [-0.2, 0) is 0 Å². The molecule has 0 radical (unpaired) electrons. The number of nitriles is 1. The standard InChI is InChI=1S/C8H9N3S/c9-4-2-5-10-11-7-8-3-1-6-12-8/h1,3,6-7,10H,2,5H2/b11-7+. The van der Waals surface area contributed by atoms with Crippen LogP contribution >= 0.6 is 11.3 Å². The molecule has 0 spiro atoms. The molecule has 0 amide bonds. The molecular formula is C8H9N3S. The second-order valence-corrected chi connectivity index (χ2v) is 3.07. The first-order valence-corrected chi connectivity index (χ1v) is 4.48. The van der Waals surface area contributed by atoms with E-state index in [9.17, 15) is 0 Å². The van der Waals surface area contributed by atoms with Crippen LogP contribution in [0.4, 0.5) is 0 Å². The van der Waals surface area contributed by atoms with Crippen LogP contribution in [0.2, 0.25) is 0 Å². The average molecular weight is 179 g/mol. The summed E-state index contributed by atoms with van der Waals surface area (Å²) in [6.07, 6.45) is 2.24. The molecule has 0 fully saturated rings. The molecule has 3 nitrogen and oxygen atoms in total. The fourth-order valence-corrected chi connectivity index (χ4v) is 1.24. The minimum absolute atomic E-state index is 0.488. The highest BCUT2D eigenvalue weighted by atomic mass is 32.1. The maximum atomic E-state index is 8.21. The van der Waals surface area contributed by atoms with Crippen molar-refractivity contribution in [3.05, 3.63) is 22.4 Å². The summed E-state index contributed by atoms with van der Waals surface area (Å²) < 4.78 is 0. The van der Waals surface area contributed by atoms with E-state index in [1.807, 2.05) is 23.6 Å². The van der Waals surface area contributed by atoms with Gasteiger partial charge in [-0.25, -0.2) is 0 Å². The molecule has 0 aliphatic heterocycles. The third-order valence-corrected chi connectivity index (χ3v) is 1.98. The fraction of sp³-hybridized carbons (Fsp3) is 0.250. The first kappa shape index (κ1) is 8.75. The van der Waals surface area contributed by atoms with E-state index in [1.54, 1.807) is 17.6 Å². The molecule has 4 heteroatoms. The lowest BCUT2D eigenvalue weighted by atomic mass is 10.5. The van der Waals surface area contributed by atoms with Gasteiger partial charge in [-0.2, -0.15) is 10.4 Å². The van der Waals surface area contributed by atoms with Crippen molar-refractivity contribution in [2.75, 3.05) is 6.54 Å². The molecule has 0 aliphatic carbocycles. The van der Waals surface area contributed by atoms with Gasteiger partial charge in [0.1, 0.15) is 0 Å². The Morgan fingerprint density at radius 3 is 3.33 bits per heavy atom. The smallest absolute Gasteiger partial charge is 0.0640 e. The van der Waals surface area contributed by atoms with E-state index >= 15 is 0 Å². The van der Waals surface area contributed by atoms with Gasteiger partial charge in [-0.1, -0.05) is 6.07 Å². The van der Waals surface area contributed by atoms with Crippen molar-refractivity contribution in [1.29, 1.82) is 5.26 Å². The Balaban J connectivity index is 2.20. The summed E-state index contributed by atoms with van der Waals surface area (Å²) in [4.78, 5) is 1.11. The minimum Gasteiger partial charge on any atom is -0.309 e. The Kier molecular flexibility index (Phi) is 3.89. The Morgan fingerprint density at radius 1 is 1.75 bits per heavy atom. The fourth-order valence-electron chi connectivity index (χ4n) is 0.650. The molecule has 0 bridgehead atoms. The molecule has 0 saturated heterocycles. The zero-order valence-corrected chi connectivity index (χ0v) is 7.34. The summed E-state index contributed by atoms with van der Waals surface area (Å²) in [6, 6.07) is 5.99. The molecule has 0 atom stereocenters. The van der Waals surface area contributed by atoms with Gasteiger partial charge in [0.15, 0.2) is 0 Å². The van der Waals surface area contributed by atoms with Gasteiger partial charge in [0, 0.05) is 11.4 Å². The number of nitrogens with one attached hydrogen (secondary N) is 1. The summed E-state index contributed by atoms with van der Waals surface area (Å²) in [6.45, 7) is 0.609. The second kappa shape index (κ2) is 5.33. The number of thiophene rings is 1. The van der Waals surface area contributed by atoms with Gasteiger partial charge in [0.05, 0.1) is 18.7 Å². The Labute approximate surface area is 75.3 Å². The van der Waals surface area contributed by atoms with Crippen molar-refractivity contribution in [2.24, 2.45) is 5.10 Å². The largest absolute Gasteiger partial charge is 0.309 e. The van der Waals surface area contributed by atoms with E-state index in [2.05, 4.69) is 10.5 Å². The monoisotopic (exact) mass is 179 g/mol. The predicted molar refractivity (Wildman–Crippen MR) is 50.1 cm³/mol. The van der Waals surface area contributed by atoms with Crippen LogP contribution in [0.25, 0.3) is 0 Å². The first-order chi connectivity index (χ1) is 5.93. The van der Waals surface area contributed by atoms with Crippen LogP contribution in [0, 0.1) is 11.3 Å². The maximum Gasteiger partial charge on any atom is 0.0640 e. The van der Waals surface area contributed by atoms with Crippen LogP contribution in [0.5, 0.6) is 0 Å². The van der Waals surface area contributed by atoms with E-state index in [1.165, 1.54) is 0 Å². The summed E-state index contributed by atoms with van der Waals surface area (Å²) in [5.41, 5.74) is 2.78. The third kappa shape index (κ3) is 3.17. The van der Waals surface area contributed by atoms with Gasteiger partial charge in [0.2, 0.25) is 0 Å². The third-order valence-electron chi connectivity index (χ3n) is 1.17. The molecule has 1 aromatic rings. The highest BCUT2D eigenvalue weighted by molar-refractivity contribution is 7.11. The van der Waals surface area contributed by atoms with Gasteiger partial charge in [-0.3, -0.25) is 0 Å². The van der Waals surface area contributed by atoms with E-state index < -0.39 is 0 Å². The van der Waals surface area contributed by atoms with Crippen LogP contribution in [0.15, 0.2) is 22.6 Å². The number of hydrogen-bond acceptors (Lipinski definition) is 4. The number of hydrazone groups is 1. The average Bonchev–Trinajstić information content (AvgIpc) is 2.57. The van der Waals surface area contributed by atoms with Crippen molar-refractivity contribution in [3.63, 3.8) is 0 Å². The SMILES string of the molecule is N#CCCN/N=C/c1cccs1. The van der Waals surface area contributed by atoms with Crippen LogP contribution in [0.3, 0.4) is 0 Å². The molecule has 12 heavy (non-hydrogen) atoms. The molecule has 0 aliphatic rings. The summed E-state index contributed by atoms with van der Waals surface area (Å²) >= 11 is 1.63. The Morgan fingerprint density at radius 2 is 2.67 bits per heavy atom. The van der Waals surface area contributed by atoms with Crippen molar-refractivity contribution in [2.45, 2.75) is 6.42 Å². The van der Waals surface area contributed by atoms with Crippen LogP contribution in [-0.4, -0.2) is 12.8 Å². The lowest BCUT2D eigenvalue weighted by Crippen LogP contribution is -2.06. The van der Waals surface area contributed by atoms with Crippen molar-refractivity contribution >= 4 is 17.6 Å². The molecule has 1 aromatic heterocycles. The van der Waals surface area contributed by atoms with Crippen molar-refractivity contribution in [1.82, 2.24) is 5.43 Å². The van der Waals surface area contributed by atoms with Crippen LogP contribution in [0.1, 0.15) is 11.3 Å². The highest BCUT2D eigenvalue weighted by Crippen LogP contribution is 2.03. The normalized spacial score (nSPS) is 9.92. The molecular weight excluding hydrogens is 170 g/mol. The van der Waals surface area contributed by atoms with Crippen LogP contribution < -0.4 is 5.43 Å². The van der Waals surface area contributed by atoms with E-state index in [-0.39, 0.29) is 0 Å².